The van der Waals surface area contributed by atoms with Crippen molar-refractivity contribution < 1.29 is 4.74 Å². The van der Waals surface area contributed by atoms with Crippen molar-refractivity contribution in [2.75, 3.05) is 0 Å². The third kappa shape index (κ3) is 4.17. The van der Waals surface area contributed by atoms with Crippen LogP contribution < -0.4 is 4.74 Å². The second kappa shape index (κ2) is 11.7. The summed E-state index contributed by atoms with van der Waals surface area (Å²) in [5.41, 5.74) is 17.2. The zero-order chi connectivity index (χ0) is 41.5. The van der Waals surface area contributed by atoms with Gasteiger partial charge in [-0.1, -0.05) is 153 Å². The average Bonchev–Trinajstić information content (AvgIpc) is 3.99. The summed E-state index contributed by atoms with van der Waals surface area (Å²) < 4.78 is 7.13. The predicted octanol–water partition coefficient (Wildman–Crippen LogP) is 13.7. The lowest BCUT2D eigenvalue weighted by atomic mass is 9.38. The van der Waals surface area contributed by atoms with Crippen LogP contribution in [0.3, 0.4) is 0 Å². The Morgan fingerprint density at radius 2 is 1.00 bits per heavy atom. The minimum absolute atomic E-state index is 0.156. The summed E-state index contributed by atoms with van der Waals surface area (Å²) in [6.45, 7) is 4.66. The maximum absolute atomic E-state index is 7.13. The van der Waals surface area contributed by atoms with Crippen molar-refractivity contribution in [3.63, 3.8) is 0 Å². The number of benzene rings is 7. The fourth-order valence-electron chi connectivity index (χ4n) is 15.0. The van der Waals surface area contributed by atoms with Crippen LogP contribution in [0.5, 0.6) is 11.5 Å². The van der Waals surface area contributed by atoms with E-state index < -0.39 is 5.41 Å². The minimum Gasteiger partial charge on any atom is -0.456 e. The van der Waals surface area contributed by atoms with Crippen molar-refractivity contribution >= 4 is 0 Å². The molecule has 0 radical (unpaired) electrons. The molecular weight excluding hydrogens is 767 g/mol. The Hall–Kier alpha value is -6.65. The molecule has 4 fully saturated rings. The molecule has 1 aromatic heterocycles. The monoisotopic (exact) mass is 811 g/mol. The van der Waals surface area contributed by atoms with Crippen LogP contribution in [0, 0.1) is 23.2 Å². The summed E-state index contributed by atoms with van der Waals surface area (Å²) in [4.78, 5) is 16.2. The van der Waals surface area contributed by atoms with Gasteiger partial charge in [-0.15, -0.1) is 0 Å². The molecule has 6 aliphatic carbocycles. The number of para-hydroxylation sites is 2. The fraction of sp³-hybridized carbons (Fsp3) is 0.237. The molecule has 302 valence electrons. The van der Waals surface area contributed by atoms with E-state index >= 15 is 0 Å². The van der Waals surface area contributed by atoms with Gasteiger partial charge in [-0.05, 0) is 129 Å². The lowest BCUT2D eigenvalue weighted by Gasteiger charge is -2.66. The molecule has 7 aliphatic rings. The normalized spacial score (nSPS) is 25.7. The van der Waals surface area contributed by atoms with Crippen molar-refractivity contribution in [1.82, 2.24) is 15.0 Å². The third-order valence-electron chi connectivity index (χ3n) is 17.7. The van der Waals surface area contributed by atoms with Gasteiger partial charge in [-0.25, -0.2) is 15.0 Å². The van der Waals surface area contributed by atoms with Crippen molar-refractivity contribution in [1.29, 1.82) is 0 Å². The molecule has 0 N–H and O–H groups in total. The van der Waals surface area contributed by atoms with Gasteiger partial charge in [0.25, 0.3) is 0 Å². The van der Waals surface area contributed by atoms with Gasteiger partial charge in [0.05, 0.1) is 11.0 Å². The molecule has 4 heteroatoms. The molecule has 4 saturated carbocycles. The molecule has 4 nitrogen and oxygen atoms in total. The Kier molecular flexibility index (Phi) is 6.46. The van der Waals surface area contributed by atoms with E-state index in [0.29, 0.717) is 28.3 Å². The number of hydrogen-bond acceptors (Lipinski definition) is 4. The first-order valence-electron chi connectivity index (χ1n) is 23.1. The summed E-state index contributed by atoms with van der Waals surface area (Å²) >= 11 is 0. The molecule has 1 aliphatic heterocycles. The van der Waals surface area contributed by atoms with Crippen LogP contribution in [-0.4, -0.2) is 15.0 Å². The Labute approximate surface area is 368 Å². The molecule has 2 bridgehead atoms. The van der Waals surface area contributed by atoms with Gasteiger partial charge in [-0.2, -0.15) is 0 Å². The van der Waals surface area contributed by atoms with Crippen LogP contribution in [0.1, 0.15) is 84.9 Å². The first-order valence-corrected chi connectivity index (χ1v) is 23.1. The molecule has 8 aromatic rings. The first kappa shape index (κ1) is 34.9. The molecule has 0 saturated heterocycles. The molecule has 63 heavy (non-hydrogen) atoms. The van der Waals surface area contributed by atoms with E-state index in [1.165, 1.54) is 82.2 Å². The van der Waals surface area contributed by atoms with Crippen LogP contribution >= 0.6 is 0 Å². The van der Waals surface area contributed by atoms with Crippen LogP contribution in [-0.2, 0) is 16.2 Å². The minimum atomic E-state index is -0.582. The van der Waals surface area contributed by atoms with Crippen LogP contribution in [0.15, 0.2) is 158 Å². The summed E-state index contributed by atoms with van der Waals surface area (Å²) in [5.74, 6) is 6.49. The highest BCUT2D eigenvalue weighted by atomic mass is 16.5. The van der Waals surface area contributed by atoms with Gasteiger partial charge in [0, 0.05) is 27.7 Å². The topological polar surface area (TPSA) is 47.9 Å². The SMILES string of the molecule is CC1(C)c2ccccc2-c2ccc(-c3nc(-c4ccc(C56CC7CC8C[C@@H](C5)C87C6)cc4)nc(-c4cccc5c4Oc4ccccc4C54c5ccccc5-c5ccccc54)n3)cc21. The fourth-order valence-corrected chi connectivity index (χ4v) is 15.0. The Morgan fingerprint density at radius 1 is 0.460 bits per heavy atom. The second-order valence-electron chi connectivity index (χ2n) is 20.5. The number of aromatic nitrogens is 3. The highest BCUT2D eigenvalue weighted by molar-refractivity contribution is 5.90. The van der Waals surface area contributed by atoms with E-state index in [4.69, 9.17) is 19.7 Å². The van der Waals surface area contributed by atoms with E-state index in [-0.39, 0.29) is 5.41 Å². The largest absolute Gasteiger partial charge is 0.456 e. The molecule has 0 amide bonds. The summed E-state index contributed by atoms with van der Waals surface area (Å²) in [6, 6.07) is 57.9. The maximum Gasteiger partial charge on any atom is 0.167 e. The van der Waals surface area contributed by atoms with Gasteiger partial charge in [0.2, 0.25) is 0 Å². The third-order valence-corrected chi connectivity index (χ3v) is 17.7. The lowest BCUT2D eigenvalue weighted by Crippen LogP contribution is -2.59. The highest BCUT2D eigenvalue weighted by Crippen LogP contribution is 2.84. The first-order chi connectivity index (χ1) is 30.9. The summed E-state index contributed by atoms with van der Waals surface area (Å²) in [7, 11) is 0. The number of rotatable bonds is 4. The van der Waals surface area contributed by atoms with E-state index in [2.05, 4.69) is 172 Å². The highest BCUT2D eigenvalue weighted by Gasteiger charge is 2.77. The quantitative estimate of drug-likeness (QED) is 0.178. The van der Waals surface area contributed by atoms with Gasteiger partial charge in [-0.3, -0.25) is 0 Å². The smallest absolute Gasteiger partial charge is 0.167 e. The lowest BCUT2D eigenvalue weighted by molar-refractivity contribution is -0.175. The second-order valence-corrected chi connectivity index (χ2v) is 20.5. The standard InChI is InChI=1S/C59H45N3O/c1-56(2)45-16-6-3-12-40(45)43-27-24-35(28-50(43)56)54-60-53(34-22-25-36(26-23-34)57-31-38-29-37-30-39(32-57)58(37,38)33-57)61-55(62-54)44-15-11-20-49-52(44)63-51-21-10-9-19-48(51)59(49)46-17-7-4-13-41(46)42-14-5-8-18-47(42)59/h3-28,37-39H,29-33H2,1-2H3/t37?,38-,39?,57?,58?/m0/s1. The molecule has 4 unspecified atom stereocenters. The Balaban J connectivity index is 0.926. The van der Waals surface area contributed by atoms with Crippen LogP contribution in [0.2, 0.25) is 0 Å². The summed E-state index contributed by atoms with van der Waals surface area (Å²) in [6.07, 6.45) is 7.08. The molecule has 7 aromatic carbocycles. The zero-order valence-corrected chi connectivity index (χ0v) is 35.5. The average molecular weight is 812 g/mol. The molecule has 15 rings (SSSR count). The molecule has 2 spiro atoms. The molecule has 5 atom stereocenters. The van der Waals surface area contributed by atoms with Gasteiger partial charge in [0.15, 0.2) is 17.5 Å². The zero-order valence-electron chi connectivity index (χ0n) is 35.5. The van der Waals surface area contributed by atoms with Gasteiger partial charge < -0.3 is 4.74 Å². The van der Waals surface area contributed by atoms with Crippen LogP contribution in [0.4, 0.5) is 0 Å². The van der Waals surface area contributed by atoms with E-state index in [9.17, 15) is 0 Å². The van der Waals surface area contributed by atoms with E-state index in [1.54, 1.807) is 0 Å². The molecule has 2 heterocycles. The van der Waals surface area contributed by atoms with Gasteiger partial charge in [0.1, 0.15) is 11.5 Å². The van der Waals surface area contributed by atoms with E-state index in [0.717, 1.165) is 57.1 Å². The van der Waals surface area contributed by atoms with Gasteiger partial charge >= 0.3 is 0 Å². The van der Waals surface area contributed by atoms with E-state index in [1.807, 2.05) is 0 Å². The summed E-state index contributed by atoms with van der Waals surface area (Å²) in [5, 5.41) is 0. The van der Waals surface area contributed by atoms with Crippen molar-refractivity contribution in [3.8, 4) is 67.9 Å². The van der Waals surface area contributed by atoms with Crippen molar-refractivity contribution in [2.24, 2.45) is 23.2 Å². The maximum atomic E-state index is 7.13. The van der Waals surface area contributed by atoms with Crippen LogP contribution in [0.25, 0.3) is 56.4 Å². The number of ether oxygens (including phenoxy) is 1. The Morgan fingerprint density at radius 3 is 1.68 bits per heavy atom. The van der Waals surface area contributed by atoms with Crippen molar-refractivity contribution in [2.45, 2.75) is 62.2 Å². The van der Waals surface area contributed by atoms with Crippen molar-refractivity contribution in [3.05, 3.63) is 197 Å². The number of nitrogens with zero attached hydrogens (tertiary/aromatic N) is 3. The number of fused-ring (bicyclic) bond motifs is 13. The Bertz CT molecular complexity index is 3260. The molecular formula is C59H45N3O. The number of hydrogen-bond donors (Lipinski definition) is 0. The predicted molar refractivity (Wildman–Crippen MR) is 249 cm³/mol.